The zero-order valence-corrected chi connectivity index (χ0v) is 10.8. The highest BCUT2D eigenvalue weighted by molar-refractivity contribution is 5.99. The number of para-hydroxylation sites is 1. The topological polar surface area (TPSA) is 35.2 Å². The molecule has 0 aliphatic carbocycles. The van der Waals surface area contributed by atoms with Crippen molar-refractivity contribution in [3.05, 3.63) is 60.7 Å². The van der Waals surface area contributed by atoms with E-state index in [4.69, 9.17) is 10.5 Å². The van der Waals surface area contributed by atoms with E-state index in [1.54, 1.807) is 7.11 Å². The Kier molecular flexibility index (Phi) is 2.84. The van der Waals surface area contributed by atoms with Crippen LogP contribution in [0.2, 0.25) is 0 Å². The van der Waals surface area contributed by atoms with Crippen LogP contribution in [0.4, 0.5) is 5.69 Å². The summed E-state index contributed by atoms with van der Waals surface area (Å²) in [4.78, 5) is 0. The van der Waals surface area contributed by atoms with Gasteiger partial charge >= 0.3 is 0 Å². The Hall–Kier alpha value is -2.48. The van der Waals surface area contributed by atoms with Crippen LogP contribution in [0.3, 0.4) is 0 Å². The van der Waals surface area contributed by atoms with Crippen molar-refractivity contribution in [2.45, 2.75) is 0 Å². The molecular formula is C17H15NO. The molecule has 0 atom stereocenters. The standard InChI is InChI=1S/C17H15NO/c1-19-13-9-10-14-12(11-13)5-4-7-15(14)16-6-2-3-8-17(16)18/h2-11H,18H2,1H3. The van der Waals surface area contributed by atoms with Crippen LogP contribution in [-0.4, -0.2) is 7.11 Å². The number of methoxy groups -OCH3 is 1. The van der Waals surface area contributed by atoms with Crippen LogP contribution >= 0.6 is 0 Å². The van der Waals surface area contributed by atoms with Crippen molar-refractivity contribution >= 4 is 16.5 Å². The number of hydrogen-bond donors (Lipinski definition) is 1. The minimum atomic E-state index is 0.797. The molecule has 94 valence electrons. The van der Waals surface area contributed by atoms with Crippen LogP contribution < -0.4 is 10.5 Å². The van der Waals surface area contributed by atoms with E-state index in [-0.39, 0.29) is 0 Å². The smallest absolute Gasteiger partial charge is 0.119 e. The molecule has 0 unspecified atom stereocenters. The molecule has 2 heteroatoms. The van der Waals surface area contributed by atoms with Gasteiger partial charge in [-0.2, -0.15) is 0 Å². The molecule has 0 aliphatic rings. The molecule has 0 aliphatic heterocycles. The number of benzene rings is 3. The van der Waals surface area contributed by atoms with Crippen molar-refractivity contribution in [3.8, 4) is 16.9 Å². The number of nitrogen functional groups attached to an aromatic ring is 1. The van der Waals surface area contributed by atoms with Crippen molar-refractivity contribution in [2.24, 2.45) is 0 Å². The summed E-state index contributed by atoms with van der Waals surface area (Å²) in [5.41, 5.74) is 9.09. The Labute approximate surface area is 112 Å². The summed E-state index contributed by atoms with van der Waals surface area (Å²) >= 11 is 0. The highest BCUT2D eigenvalue weighted by atomic mass is 16.5. The second kappa shape index (κ2) is 4.65. The Bertz CT molecular complexity index is 734. The van der Waals surface area contributed by atoms with Gasteiger partial charge in [0.05, 0.1) is 7.11 Å². The van der Waals surface area contributed by atoms with Crippen LogP contribution in [0.1, 0.15) is 0 Å². The molecule has 0 radical (unpaired) electrons. The number of hydrogen-bond acceptors (Lipinski definition) is 2. The van der Waals surface area contributed by atoms with E-state index in [1.807, 2.05) is 42.5 Å². The number of anilines is 1. The van der Waals surface area contributed by atoms with E-state index < -0.39 is 0 Å². The molecule has 0 bridgehead atoms. The van der Waals surface area contributed by atoms with Gasteiger partial charge in [0.25, 0.3) is 0 Å². The van der Waals surface area contributed by atoms with Crippen LogP contribution in [0.15, 0.2) is 60.7 Å². The van der Waals surface area contributed by atoms with E-state index in [0.29, 0.717) is 0 Å². The summed E-state index contributed by atoms with van der Waals surface area (Å²) in [6, 6.07) is 20.3. The van der Waals surface area contributed by atoms with Gasteiger partial charge < -0.3 is 10.5 Å². The zero-order valence-electron chi connectivity index (χ0n) is 10.8. The van der Waals surface area contributed by atoms with Gasteiger partial charge in [-0.25, -0.2) is 0 Å². The lowest BCUT2D eigenvalue weighted by Crippen LogP contribution is -1.90. The average Bonchev–Trinajstić information content (AvgIpc) is 2.46. The van der Waals surface area contributed by atoms with E-state index in [2.05, 4.69) is 18.2 Å². The highest BCUT2D eigenvalue weighted by Crippen LogP contribution is 2.33. The first-order valence-electron chi connectivity index (χ1n) is 6.21. The Morgan fingerprint density at radius 1 is 0.842 bits per heavy atom. The largest absolute Gasteiger partial charge is 0.497 e. The van der Waals surface area contributed by atoms with Gasteiger partial charge in [-0.1, -0.05) is 42.5 Å². The second-order valence-corrected chi connectivity index (χ2v) is 4.48. The predicted octanol–water partition coefficient (Wildman–Crippen LogP) is 4.10. The summed E-state index contributed by atoms with van der Waals surface area (Å²) in [6.07, 6.45) is 0. The minimum absolute atomic E-state index is 0.797. The predicted molar refractivity (Wildman–Crippen MR) is 80.3 cm³/mol. The monoisotopic (exact) mass is 249 g/mol. The highest BCUT2D eigenvalue weighted by Gasteiger charge is 2.06. The normalized spacial score (nSPS) is 10.6. The van der Waals surface area contributed by atoms with Gasteiger partial charge in [0.1, 0.15) is 5.75 Å². The van der Waals surface area contributed by atoms with Gasteiger partial charge in [0.2, 0.25) is 0 Å². The number of nitrogens with two attached hydrogens (primary N) is 1. The average molecular weight is 249 g/mol. The first-order valence-corrected chi connectivity index (χ1v) is 6.21. The summed E-state index contributed by atoms with van der Waals surface area (Å²) < 4.78 is 5.27. The minimum Gasteiger partial charge on any atom is -0.497 e. The molecule has 2 nitrogen and oxygen atoms in total. The number of rotatable bonds is 2. The van der Waals surface area contributed by atoms with Crippen molar-refractivity contribution in [2.75, 3.05) is 12.8 Å². The lowest BCUT2D eigenvalue weighted by Gasteiger charge is -2.10. The summed E-state index contributed by atoms with van der Waals surface area (Å²) in [5.74, 6) is 0.866. The van der Waals surface area contributed by atoms with Crippen molar-refractivity contribution in [3.63, 3.8) is 0 Å². The SMILES string of the molecule is COc1ccc2c(-c3ccccc3N)cccc2c1. The molecule has 2 N–H and O–H groups in total. The third kappa shape index (κ3) is 2.02. The van der Waals surface area contributed by atoms with Gasteiger partial charge in [-0.15, -0.1) is 0 Å². The molecule has 19 heavy (non-hydrogen) atoms. The molecule has 0 fully saturated rings. The van der Waals surface area contributed by atoms with Crippen LogP contribution in [-0.2, 0) is 0 Å². The van der Waals surface area contributed by atoms with Gasteiger partial charge in [-0.05, 0) is 34.5 Å². The molecule has 0 saturated carbocycles. The van der Waals surface area contributed by atoms with Gasteiger partial charge in [0, 0.05) is 11.3 Å². The molecule has 3 aromatic rings. The zero-order chi connectivity index (χ0) is 13.2. The first kappa shape index (κ1) is 11.6. The Morgan fingerprint density at radius 3 is 2.42 bits per heavy atom. The molecule has 3 rings (SSSR count). The lowest BCUT2D eigenvalue weighted by molar-refractivity contribution is 0.415. The number of ether oxygens (including phenoxy) is 1. The van der Waals surface area contributed by atoms with Crippen molar-refractivity contribution in [1.82, 2.24) is 0 Å². The maximum absolute atomic E-state index is 6.07. The molecule has 0 heterocycles. The summed E-state index contributed by atoms with van der Waals surface area (Å²) in [5, 5.41) is 2.33. The van der Waals surface area contributed by atoms with E-state index >= 15 is 0 Å². The number of fused-ring (bicyclic) bond motifs is 1. The third-order valence-corrected chi connectivity index (χ3v) is 3.34. The Morgan fingerprint density at radius 2 is 1.63 bits per heavy atom. The third-order valence-electron chi connectivity index (χ3n) is 3.34. The van der Waals surface area contributed by atoms with Crippen molar-refractivity contribution < 1.29 is 4.74 Å². The lowest BCUT2D eigenvalue weighted by atomic mass is 9.97. The molecule has 0 spiro atoms. The van der Waals surface area contributed by atoms with E-state index in [1.165, 1.54) is 5.39 Å². The fourth-order valence-corrected chi connectivity index (χ4v) is 2.37. The fraction of sp³-hybridized carbons (Fsp3) is 0.0588. The molecule has 3 aromatic carbocycles. The summed E-state index contributed by atoms with van der Waals surface area (Å²) in [7, 11) is 1.68. The van der Waals surface area contributed by atoms with Gasteiger partial charge in [0.15, 0.2) is 0 Å². The second-order valence-electron chi connectivity index (χ2n) is 4.48. The van der Waals surface area contributed by atoms with E-state index in [9.17, 15) is 0 Å². The first-order chi connectivity index (χ1) is 9.29. The van der Waals surface area contributed by atoms with E-state index in [0.717, 1.165) is 28.0 Å². The molecule has 0 amide bonds. The van der Waals surface area contributed by atoms with Crippen LogP contribution in [0, 0.1) is 0 Å². The Balaban J connectivity index is 2.28. The van der Waals surface area contributed by atoms with Crippen molar-refractivity contribution in [1.29, 1.82) is 0 Å². The molecular weight excluding hydrogens is 234 g/mol. The van der Waals surface area contributed by atoms with Crippen LogP contribution in [0.5, 0.6) is 5.75 Å². The maximum Gasteiger partial charge on any atom is 0.119 e. The maximum atomic E-state index is 6.07. The quantitative estimate of drug-likeness (QED) is 0.694. The fourth-order valence-electron chi connectivity index (χ4n) is 2.37. The molecule has 0 saturated heterocycles. The van der Waals surface area contributed by atoms with Crippen LogP contribution in [0.25, 0.3) is 21.9 Å². The summed E-state index contributed by atoms with van der Waals surface area (Å²) in [6.45, 7) is 0. The van der Waals surface area contributed by atoms with Gasteiger partial charge in [-0.3, -0.25) is 0 Å². The molecule has 0 aromatic heterocycles.